The van der Waals surface area contributed by atoms with E-state index in [4.69, 9.17) is 0 Å². The molecule has 0 amide bonds. The van der Waals surface area contributed by atoms with Crippen LogP contribution in [0.15, 0.2) is 30.7 Å². The molecule has 3 aromatic rings. The van der Waals surface area contributed by atoms with Crippen molar-refractivity contribution in [3.05, 3.63) is 58.5 Å². The van der Waals surface area contributed by atoms with Crippen molar-refractivity contribution >= 4 is 27.5 Å². The van der Waals surface area contributed by atoms with Crippen LogP contribution in [0.3, 0.4) is 0 Å². The first-order chi connectivity index (χ1) is 9.65. The molecule has 3 rings (SSSR count). The zero-order valence-corrected chi connectivity index (χ0v) is 11.6. The van der Waals surface area contributed by atoms with Gasteiger partial charge in [0.25, 0.3) is 0 Å². The number of nitrogens with one attached hydrogen (secondary N) is 1. The number of H-pyrrole nitrogens is 1. The van der Waals surface area contributed by atoms with Crippen LogP contribution in [0.25, 0.3) is 16.2 Å². The zero-order chi connectivity index (χ0) is 14.1. The molecule has 0 fully saturated rings. The van der Waals surface area contributed by atoms with Gasteiger partial charge in [0.1, 0.15) is 11.6 Å². The number of imidazole rings is 1. The maximum Gasteiger partial charge on any atom is 0.143 e. The van der Waals surface area contributed by atoms with Gasteiger partial charge in [0.15, 0.2) is 0 Å². The van der Waals surface area contributed by atoms with E-state index in [0.717, 1.165) is 22.2 Å². The number of aromatic amines is 1. The number of aryl methyl sites for hydroxylation is 1. The summed E-state index contributed by atoms with van der Waals surface area (Å²) >= 11 is 1.34. The minimum absolute atomic E-state index is 0.500. The molecule has 2 aromatic heterocycles. The summed E-state index contributed by atoms with van der Waals surface area (Å²) < 4.78 is 27.5. The highest BCUT2D eigenvalue weighted by Crippen LogP contribution is 2.34. The highest BCUT2D eigenvalue weighted by atomic mass is 32.1. The largest absolute Gasteiger partial charge is 0.351 e. The fourth-order valence-electron chi connectivity index (χ4n) is 2.11. The normalized spacial score (nSPS) is 11.8. The molecule has 0 unspecified atom stereocenters. The standard InChI is InChI=1S/C15H12F2N2S/c1-9-12-5-10(16)6-13(17)15(12)20-14(9)4-2-3-11-7-18-8-19-11/h2,4-8H,3H2,1H3,(H,18,19). The predicted molar refractivity (Wildman–Crippen MR) is 77.8 cm³/mol. The monoisotopic (exact) mass is 290 g/mol. The lowest BCUT2D eigenvalue weighted by Gasteiger charge is -1.94. The third kappa shape index (κ3) is 2.36. The molecule has 0 aliphatic rings. The summed E-state index contributed by atoms with van der Waals surface area (Å²) in [6.45, 7) is 1.88. The molecule has 0 atom stereocenters. The van der Waals surface area contributed by atoms with Gasteiger partial charge in [-0.15, -0.1) is 11.3 Å². The minimum Gasteiger partial charge on any atom is -0.351 e. The molecule has 102 valence electrons. The maximum absolute atomic E-state index is 13.7. The number of aromatic nitrogens is 2. The van der Waals surface area contributed by atoms with Crippen molar-refractivity contribution in [1.29, 1.82) is 0 Å². The molecule has 0 bridgehead atoms. The van der Waals surface area contributed by atoms with Crippen molar-refractivity contribution in [2.75, 3.05) is 0 Å². The van der Waals surface area contributed by atoms with Crippen LogP contribution in [0.2, 0.25) is 0 Å². The van der Waals surface area contributed by atoms with Gasteiger partial charge >= 0.3 is 0 Å². The van der Waals surface area contributed by atoms with Gasteiger partial charge in [-0.2, -0.15) is 0 Å². The first-order valence-electron chi connectivity index (χ1n) is 6.17. The number of benzene rings is 1. The van der Waals surface area contributed by atoms with Crippen LogP contribution < -0.4 is 0 Å². The first kappa shape index (κ1) is 13.0. The fourth-order valence-corrected chi connectivity index (χ4v) is 3.24. The smallest absolute Gasteiger partial charge is 0.143 e. The van der Waals surface area contributed by atoms with Gasteiger partial charge in [0.2, 0.25) is 0 Å². The molecule has 0 saturated carbocycles. The van der Waals surface area contributed by atoms with E-state index in [1.54, 1.807) is 6.33 Å². The van der Waals surface area contributed by atoms with Gasteiger partial charge in [-0.3, -0.25) is 0 Å². The molecule has 2 heterocycles. The van der Waals surface area contributed by atoms with Crippen molar-refractivity contribution < 1.29 is 8.78 Å². The Kier molecular flexibility index (Phi) is 3.36. The second-order valence-electron chi connectivity index (χ2n) is 4.52. The second kappa shape index (κ2) is 5.17. The van der Waals surface area contributed by atoms with Crippen molar-refractivity contribution in [1.82, 2.24) is 9.97 Å². The summed E-state index contributed by atoms with van der Waals surface area (Å²) in [6.07, 6.45) is 8.07. The predicted octanol–water partition coefficient (Wildman–Crippen LogP) is 4.47. The van der Waals surface area contributed by atoms with Gasteiger partial charge in [0.05, 0.1) is 16.7 Å². The highest BCUT2D eigenvalue weighted by Gasteiger charge is 2.11. The van der Waals surface area contributed by atoms with Crippen molar-refractivity contribution in [3.63, 3.8) is 0 Å². The molecule has 0 aliphatic heterocycles. The third-order valence-electron chi connectivity index (χ3n) is 3.15. The van der Waals surface area contributed by atoms with Crippen molar-refractivity contribution in [2.45, 2.75) is 13.3 Å². The Bertz CT molecular complexity index is 773. The molecule has 1 aromatic carbocycles. The molecular weight excluding hydrogens is 278 g/mol. The van der Waals surface area contributed by atoms with E-state index in [-0.39, 0.29) is 0 Å². The number of fused-ring (bicyclic) bond motifs is 1. The summed E-state index contributed by atoms with van der Waals surface area (Å²) in [6, 6.07) is 2.31. The van der Waals surface area contributed by atoms with Crippen molar-refractivity contribution in [3.8, 4) is 0 Å². The third-order valence-corrected chi connectivity index (χ3v) is 4.43. The number of hydrogen-bond donors (Lipinski definition) is 1. The molecule has 5 heteroatoms. The minimum atomic E-state index is -0.539. The van der Waals surface area contributed by atoms with E-state index in [1.165, 1.54) is 17.4 Å². The van der Waals surface area contributed by atoms with Gasteiger partial charge in [-0.1, -0.05) is 6.08 Å². The Labute approximate surface area is 118 Å². The SMILES string of the molecule is Cc1c(C=CCc2c[nH]cn2)sc2c(F)cc(F)cc12. The highest BCUT2D eigenvalue weighted by molar-refractivity contribution is 7.20. The van der Waals surface area contributed by atoms with Crippen LogP contribution in [0.1, 0.15) is 16.1 Å². The Morgan fingerprint density at radius 2 is 2.20 bits per heavy atom. The molecule has 1 N–H and O–H groups in total. The molecule has 0 radical (unpaired) electrons. The second-order valence-corrected chi connectivity index (χ2v) is 5.57. The van der Waals surface area contributed by atoms with Crippen LogP contribution >= 0.6 is 11.3 Å². The number of allylic oxidation sites excluding steroid dienone is 1. The van der Waals surface area contributed by atoms with Crippen LogP contribution in [0.5, 0.6) is 0 Å². The Morgan fingerprint density at radius 1 is 1.35 bits per heavy atom. The van der Waals surface area contributed by atoms with Crippen LogP contribution in [0, 0.1) is 18.6 Å². The topological polar surface area (TPSA) is 28.7 Å². The van der Waals surface area contributed by atoms with E-state index >= 15 is 0 Å². The average Bonchev–Trinajstić information content (AvgIpc) is 3.01. The van der Waals surface area contributed by atoms with E-state index in [2.05, 4.69) is 9.97 Å². The molecule has 0 saturated heterocycles. The summed E-state index contributed by atoms with van der Waals surface area (Å²) in [5.41, 5.74) is 1.85. The molecule has 0 aliphatic carbocycles. The van der Waals surface area contributed by atoms with Crippen LogP contribution in [-0.4, -0.2) is 9.97 Å². The lowest BCUT2D eigenvalue weighted by atomic mass is 10.1. The number of nitrogens with zero attached hydrogens (tertiary/aromatic N) is 1. The van der Waals surface area contributed by atoms with Crippen LogP contribution in [0.4, 0.5) is 8.78 Å². The maximum atomic E-state index is 13.7. The molecule has 0 spiro atoms. The van der Waals surface area contributed by atoms with Gasteiger partial charge in [-0.25, -0.2) is 13.8 Å². The van der Waals surface area contributed by atoms with Gasteiger partial charge in [-0.05, 0) is 24.6 Å². The molecule has 20 heavy (non-hydrogen) atoms. The summed E-state index contributed by atoms with van der Waals surface area (Å²) in [4.78, 5) is 7.96. The average molecular weight is 290 g/mol. The zero-order valence-electron chi connectivity index (χ0n) is 10.8. The molecule has 2 nitrogen and oxygen atoms in total. The first-order valence-corrected chi connectivity index (χ1v) is 6.99. The number of thiophene rings is 1. The number of rotatable bonds is 3. The lowest BCUT2D eigenvalue weighted by Crippen LogP contribution is -1.80. The van der Waals surface area contributed by atoms with Crippen molar-refractivity contribution in [2.24, 2.45) is 0 Å². The van der Waals surface area contributed by atoms with E-state index < -0.39 is 11.6 Å². The summed E-state index contributed by atoms with van der Waals surface area (Å²) in [5.74, 6) is -1.04. The van der Waals surface area contributed by atoms with E-state index in [0.29, 0.717) is 16.5 Å². The Hall–Kier alpha value is -2.01. The van der Waals surface area contributed by atoms with Crippen LogP contribution in [-0.2, 0) is 6.42 Å². The van der Waals surface area contributed by atoms with Gasteiger partial charge in [0, 0.05) is 28.9 Å². The number of halogens is 2. The summed E-state index contributed by atoms with van der Waals surface area (Å²) in [5, 5.41) is 0.645. The fraction of sp³-hybridized carbons (Fsp3) is 0.133. The van der Waals surface area contributed by atoms with E-state index in [1.807, 2.05) is 25.3 Å². The Balaban J connectivity index is 1.94. The molecular formula is C15H12F2N2S. The number of hydrogen-bond acceptors (Lipinski definition) is 2. The lowest BCUT2D eigenvalue weighted by molar-refractivity contribution is 0.593. The Morgan fingerprint density at radius 3 is 2.95 bits per heavy atom. The summed E-state index contributed by atoms with van der Waals surface area (Å²) in [7, 11) is 0. The quantitative estimate of drug-likeness (QED) is 0.757. The van der Waals surface area contributed by atoms with E-state index in [9.17, 15) is 8.78 Å². The van der Waals surface area contributed by atoms with Gasteiger partial charge < -0.3 is 4.98 Å².